The highest BCUT2D eigenvalue weighted by Crippen LogP contribution is 2.19. The van der Waals surface area contributed by atoms with E-state index in [0.29, 0.717) is 11.5 Å². The smallest absolute Gasteiger partial charge is 0.334 e. The molecule has 0 spiro atoms. The molecule has 0 saturated carbocycles. The summed E-state index contributed by atoms with van der Waals surface area (Å²) in [5.41, 5.74) is 1.29. The monoisotopic (exact) mass is 301 g/mol. The van der Waals surface area contributed by atoms with Gasteiger partial charge in [0.15, 0.2) is 0 Å². The van der Waals surface area contributed by atoms with Crippen LogP contribution in [0, 0.1) is 5.92 Å². The van der Waals surface area contributed by atoms with E-state index in [1.165, 1.54) is 7.11 Å². The highest BCUT2D eigenvalue weighted by atomic mass is 16.5. The van der Waals surface area contributed by atoms with Crippen LogP contribution >= 0.6 is 0 Å². The van der Waals surface area contributed by atoms with Crippen molar-refractivity contribution >= 4 is 18.0 Å². The lowest BCUT2D eigenvalue weighted by Gasteiger charge is -2.30. The Morgan fingerprint density at radius 1 is 1.23 bits per heavy atom. The highest BCUT2D eigenvalue weighted by molar-refractivity contribution is 5.99. The quantitative estimate of drug-likeness (QED) is 0.634. The third-order valence-electron chi connectivity index (χ3n) is 4.07. The van der Waals surface area contributed by atoms with Crippen LogP contribution in [0.5, 0.6) is 0 Å². The number of ether oxygens (including phenoxy) is 1. The van der Waals surface area contributed by atoms with Crippen molar-refractivity contribution < 1.29 is 14.3 Å². The van der Waals surface area contributed by atoms with Crippen LogP contribution < -0.4 is 0 Å². The summed E-state index contributed by atoms with van der Waals surface area (Å²) in [5, 5.41) is 0. The Bertz CT molecular complexity index is 543. The minimum Gasteiger partial charge on any atom is -0.466 e. The molecule has 4 nitrogen and oxygen atoms in total. The van der Waals surface area contributed by atoms with Gasteiger partial charge in [-0.1, -0.05) is 37.3 Å². The lowest BCUT2D eigenvalue weighted by Crippen LogP contribution is -2.38. The van der Waals surface area contributed by atoms with Crippen LogP contribution in [0.3, 0.4) is 0 Å². The molecule has 0 aromatic heterocycles. The van der Waals surface area contributed by atoms with Crippen molar-refractivity contribution in [2.75, 3.05) is 20.2 Å². The summed E-state index contributed by atoms with van der Waals surface area (Å²) >= 11 is 0. The lowest BCUT2D eigenvalue weighted by atomic mass is 9.98. The van der Waals surface area contributed by atoms with E-state index >= 15 is 0 Å². The van der Waals surface area contributed by atoms with Crippen molar-refractivity contribution in [3.63, 3.8) is 0 Å². The van der Waals surface area contributed by atoms with E-state index in [0.717, 1.165) is 31.5 Å². The van der Waals surface area contributed by atoms with Crippen LogP contribution in [0.1, 0.15) is 31.7 Å². The molecular weight excluding hydrogens is 278 g/mol. The number of carbonyl (C=O) groups is 2. The Kier molecular flexibility index (Phi) is 5.75. The zero-order chi connectivity index (χ0) is 15.9. The Morgan fingerprint density at radius 2 is 1.86 bits per heavy atom. The summed E-state index contributed by atoms with van der Waals surface area (Å²) < 4.78 is 4.81. The van der Waals surface area contributed by atoms with Gasteiger partial charge < -0.3 is 9.64 Å². The number of benzene rings is 1. The first-order valence-electron chi connectivity index (χ1n) is 7.72. The molecule has 0 aliphatic carbocycles. The molecule has 1 saturated heterocycles. The second kappa shape index (κ2) is 7.78. The molecule has 0 unspecified atom stereocenters. The lowest BCUT2D eigenvalue weighted by molar-refractivity contribution is -0.139. The molecule has 0 bridgehead atoms. The van der Waals surface area contributed by atoms with Gasteiger partial charge in [0.1, 0.15) is 0 Å². The van der Waals surface area contributed by atoms with Gasteiger partial charge in [-0.05, 0) is 30.4 Å². The van der Waals surface area contributed by atoms with Crippen LogP contribution in [-0.2, 0) is 14.3 Å². The van der Waals surface area contributed by atoms with Gasteiger partial charge in [0.05, 0.1) is 13.5 Å². The average molecular weight is 301 g/mol. The fourth-order valence-corrected chi connectivity index (χ4v) is 2.60. The molecule has 1 fully saturated rings. The normalized spacial score (nSPS) is 16.5. The Labute approximate surface area is 131 Å². The Balaban J connectivity index is 2.08. The molecule has 0 N–H and O–H groups in total. The number of amides is 1. The van der Waals surface area contributed by atoms with Crippen molar-refractivity contribution in [1.29, 1.82) is 0 Å². The third kappa shape index (κ3) is 4.45. The van der Waals surface area contributed by atoms with Gasteiger partial charge in [0.2, 0.25) is 5.91 Å². The van der Waals surface area contributed by atoms with Crippen molar-refractivity contribution in [1.82, 2.24) is 4.90 Å². The fraction of sp³-hybridized carbons (Fsp3) is 0.444. The SMILES string of the molecule is COC(=O)/C(=C/c1ccccc1)CC(=O)N1CCC(C)CC1. The molecule has 118 valence electrons. The molecule has 1 aromatic rings. The van der Waals surface area contributed by atoms with Crippen molar-refractivity contribution in [2.45, 2.75) is 26.2 Å². The first kappa shape index (κ1) is 16.3. The van der Waals surface area contributed by atoms with Gasteiger partial charge in [-0.3, -0.25) is 4.79 Å². The van der Waals surface area contributed by atoms with E-state index in [1.807, 2.05) is 35.2 Å². The first-order valence-corrected chi connectivity index (χ1v) is 7.72. The van der Waals surface area contributed by atoms with Crippen molar-refractivity contribution in [3.8, 4) is 0 Å². The summed E-state index contributed by atoms with van der Waals surface area (Å²) in [4.78, 5) is 26.2. The van der Waals surface area contributed by atoms with Gasteiger partial charge >= 0.3 is 5.97 Å². The van der Waals surface area contributed by atoms with Gasteiger partial charge in [0, 0.05) is 18.7 Å². The van der Waals surface area contributed by atoms with E-state index in [2.05, 4.69) is 6.92 Å². The molecule has 1 aliphatic rings. The summed E-state index contributed by atoms with van der Waals surface area (Å²) in [7, 11) is 1.34. The van der Waals surface area contributed by atoms with Crippen LogP contribution in [0.15, 0.2) is 35.9 Å². The summed E-state index contributed by atoms with van der Waals surface area (Å²) in [5.74, 6) is 0.228. The third-order valence-corrected chi connectivity index (χ3v) is 4.07. The molecule has 2 rings (SSSR count). The molecule has 0 atom stereocenters. The van der Waals surface area contributed by atoms with Crippen LogP contribution in [0.4, 0.5) is 0 Å². The Morgan fingerprint density at radius 3 is 2.45 bits per heavy atom. The maximum Gasteiger partial charge on any atom is 0.334 e. The number of hydrogen-bond acceptors (Lipinski definition) is 3. The molecule has 1 aromatic carbocycles. The van der Waals surface area contributed by atoms with E-state index in [1.54, 1.807) is 6.08 Å². The van der Waals surface area contributed by atoms with Crippen LogP contribution in [0.25, 0.3) is 6.08 Å². The zero-order valence-corrected chi connectivity index (χ0v) is 13.2. The minimum absolute atomic E-state index is 0.000480. The van der Waals surface area contributed by atoms with E-state index in [4.69, 9.17) is 4.74 Å². The second-order valence-corrected chi connectivity index (χ2v) is 5.81. The number of esters is 1. The fourth-order valence-electron chi connectivity index (χ4n) is 2.60. The molecule has 22 heavy (non-hydrogen) atoms. The predicted molar refractivity (Wildman–Crippen MR) is 86.0 cm³/mol. The van der Waals surface area contributed by atoms with Crippen molar-refractivity contribution in [2.24, 2.45) is 5.92 Å². The number of carbonyl (C=O) groups excluding carboxylic acids is 2. The molecule has 0 radical (unpaired) electrons. The van der Waals surface area contributed by atoms with E-state index in [-0.39, 0.29) is 12.3 Å². The molecule has 1 aliphatic heterocycles. The standard InChI is InChI=1S/C18H23NO3/c1-14-8-10-19(11-9-14)17(20)13-16(18(21)22-2)12-15-6-4-3-5-7-15/h3-7,12,14H,8-11,13H2,1-2H3/b16-12+. The minimum atomic E-state index is -0.442. The van der Waals surface area contributed by atoms with Gasteiger partial charge in [-0.25, -0.2) is 4.79 Å². The van der Waals surface area contributed by atoms with Crippen LogP contribution in [-0.4, -0.2) is 37.0 Å². The predicted octanol–water partition coefficient (Wildman–Crippen LogP) is 2.89. The van der Waals surface area contributed by atoms with E-state index in [9.17, 15) is 9.59 Å². The molecule has 1 heterocycles. The first-order chi connectivity index (χ1) is 10.6. The molecule has 1 amide bonds. The number of likely N-dealkylation sites (tertiary alicyclic amines) is 1. The maximum absolute atomic E-state index is 12.4. The summed E-state index contributed by atoms with van der Waals surface area (Å²) in [6.45, 7) is 3.76. The Hall–Kier alpha value is -2.10. The summed E-state index contributed by atoms with van der Waals surface area (Å²) in [6.07, 6.45) is 3.88. The van der Waals surface area contributed by atoms with Crippen molar-refractivity contribution in [3.05, 3.63) is 41.5 Å². The maximum atomic E-state index is 12.4. The molecular formula is C18H23NO3. The van der Waals surface area contributed by atoms with Gasteiger partial charge in [0.25, 0.3) is 0 Å². The zero-order valence-electron chi connectivity index (χ0n) is 13.2. The second-order valence-electron chi connectivity index (χ2n) is 5.81. The average Bonchev–Trinajstić information content (AvgIpc) is 2.55. The highest BCUT2D eigenvalue weighted by Gasteiger charge is 2.23. The summed E-state index contributed by atoms with van der Waals surface area (Å²) in [6, 6.07) is 9.50. The largest absolute Gasteiger partial charge is 0.466 e. The number of rotatable bonds is 4. The number of piperidine rings is 1. The topological polar surface area (TPSA) is 46.6 Å². The molecule has 4 heteroatoms. The number of nitrogens with zero attached hydrogens (tertiary/aromatic N) is 1. The van der Waals surface area contributed by atoms with Gasteiger partial charge in [-0.15, -0.1) is 0 Å². The van der Waals surface area contributed by atoms with Crippen LogP contribution in [0.2, 0.25) is 0 Å². The number of methoxy groups -OCH3 is 1. The number of hydrogen-bond donors (Lipinski definition) is 0. The van der Waals surface area contributed by atoms with Gasteiger partial charge in [-0.2, -0.15) is 0 Å². The van der Waals surface area contributed by atoms with E-state index < -0.39 is 5.97 Å².